The molecule has 0 amide bonds. The Balaban J connectivity index is 0.000000202. The lowest BCUT2D eigenvalue weighted by molar-refractivity contribution is 0.101. The van der Waals surface area contributed by atoms with Crippen LogP contribution in [0.4, 0.5) is 10.1 Å². The van der Waals surface area contributed by atoms with Crippen LogP contribution in [0.25, 0.3) is 5.57 Å². The molecule has 34 heavy (non-hydrogen) atoms. The molecule has 0 unspecified atom stereocenters. The molecule has 1 saturated heterocycles. The standard InChI is InChI=1S/C16H21N3O.C12H16FN/c1-12(20)14-6-7-16(17)15(11-14)13-5-3-2-4-9-18-19-10-8-13;1-12(5-7-14-8-6-12)10-3-2-4-11(13)9-10/h6-9,11,19H,2-5,10,17H2,1H3;2-4,9,14H,5-8H2,1H3/b13-8+,18-9-;. The third-order valence-electron chi connectivity index (χ3n) is 6.69. The fourth-order valence-electron chi connectivity index (χ4n) is 4.43. The maximum absolute atomic E-state index is 13.1. The van der Waals surface area contributed by atoms with E-state index in [1.807, 2.05) is 24.4 Å². The van der Waals surface area contributed by atoms with Crippen LogP contribution < -0.4 is 16.5 Å². The zero-order valence-corrected chi connectivity index (χ0v) is 20.4. The van der Waals surface area contributed by atoms with Crippen molar-refractivity contribution in [3.05, 3.63) is 71.0 Å². The van der Waals surface area contributed by atoms with Gasteiger partial charge in [-0.05, 0) is 105 Å². The number of nitrogen functional groups attached to an aromatic ring is 1. The highest BCUT2D eigenvalue weighted by Gasteiger charge is 2.28. The number of anilines is 1. The number of allylic oxidation sites excluding steroid dienone is 1. The van der Waals surface area contributed by atoms with E-state index in [1.165, 1.54) is 11.6 Å². The van der Waals surface area contributed by atoms with E-state index in [9.17, 15) is 9.18 Å². The van der Waals surface area contributed by atoms with Crippen molar-refractivity contribution in [1.29, 1.82) is 0 Å². The summed E-state index contributed by atoms with van der Waals surface area (Å²) in [6.07, 6.45) is 10.4. The van der Waals surface area contributed by atoms with E-state index < -0.39 is 0 Å². The van der Waals surface area contributed by atoms with Gasteiger partial charge in [-0.3, -0.25) is 4.79 Å². The molecule has 0 aliphatic carbocycles. The van der Waals surface area contributed by atoms with Crippen LogP contribution in [-0.2, 0) is 5.41 Å². The number of halogens is 1. The lowest BCUT2D eigenvalue weighted by Crippen LogP contribution is -2.37. The van der Waals surface area contributed by atoms with Crippen LogP contribution in [0.1, 0.15) is 73.9 Å². The third-order valence-corrected chi connectivity index (χ3v) is 6.69. The second-order valence-electron chi connectivity index (χ2n) is 9.33. The van der Waals surface area contributed by atoms with E-state index in [2.05, 4.69) is 28.8 Å². The van der Waals surface area contributed by atoms with Crippen molar-refractivity contribution in [1.82, 2.24) is 10.7 Å². The number of Topliss-reactive ketones (excluding diaryl/α,β-unsaturated/α-hetero) is 1. The molecule has 2 heterocycles. The van der Waals surface area contributed by atoms with Gasteiger partial charge in [0.1, 0.15) is 5.82 Å². The maximum Gasteiger partial charge on any atom is 0.159 e. The van der Waals surface area contributed by atoms with E-state index in [-0.39, 0.29) is 17.0 Å². The summed E-state index contributed by atoms with van der Waals surface area (Å²) >= 11 is 0. The molecule has 0 bridgehead atoms. The molecule has 0 saturated carbocycles. The topological polar surface area (TPSA) is 79.5 Å². The number of nitrogens with one attached hydrogen (secondary N) is 2. The molecule has 0 radical (unpaired) electrons. The summed E-state index contributed by atoms with van der Waals surface area (Å²) in [5.41, 5.74) is 14.0. The van der Waals surface area contributed by atoms with Crippen LogP contribution in [0.5, 0.6) is 0 Å². The lowest BCUT2D eigenvalue weighted by atomic mass is 9.75. The highest BCUT2D eigenvalue weighted by molar-refractivity contribution is 5.96. The minimum absolute atomic E-state index is 0.0643. The normalized spacial score (nSPS) is 20.5. The molecule has 1 fully saturated rings. The second-order valence-corrected chi connectivity index (χ2v) is 9.33. The van der Waals surface area contributed by atoms with E-state index >= 15 is 0 Å². The fourth-order valence-corrected chi connectivity index (χ4v) is 4.43. The Morgan fingerprint density at radius 1 is 1.12 bits per heavy atom. The minimum Gasteiger partial charge on any atom is -0.398 e. The molecule has 5 nitrogen and oxygen atoms in total. The molecular weight excluding hydrogens is 427 g/mol. The number of nitrogens with zero attached hydrogens (tertiary/aromatic N) is 1. The number of ketones is 1. The average molecular weight is 465 g/mol. The summed E-state index contributed by atoms with van der Waals surface area (Å²) in [6.45, 7) is 6.55. The Labute approximate surface area is 202 Å². The zero-order chi connectivity index (χ0) is 24.4. The molecule has 0 atom stereocenters. The SMILES string of the molecule is CC(=O)c1ccc(N)c(/C2=C/CN/N=C\CCCC2)c1.CC1(c2cccc(F)c2)CCNCC1. The minimum atomic E-state index is -0.123. The van der Waals surface area contributed by atoms with Crippen LogP contribution in [0.15, 0.2) is 53.6 Å². The maximum atomic E-state index is 13.1. The first-order valence-corrected chi connectivity index (χ1v) is 12.2. The monoisotopic (exact) mass is 464 g/mol. The quantitative estimate of drug-likeness (QED) is 0.416. The van der Waals surface area contributed by atoms with Crippen molar-refractivity contribution < 1.29 is 9.18 Å². The van der Waals surface area contributed by atoms with E-state index in [0.717, 1.165) is 68.4 Å². The number of nitrogens with two attached hydrogens (primary N) is 1. The average Bonchev–Trinajstić information content (AvgIpc) is 2.84. The van der Waals surface area contributed by atoms with Gasteiger partial charge in [0.15, 0.2) is 5.78 Å². The van der Waals surface area contributed by atoms with Gasteiger partial charge in [0.25, 0.3) is 0 Å². The lowest BCUT2D eigenvalue weighted by Gasteiger charge is -2.34. The van der Waals surface area contributed by atoms with Crippen LogP contribution in [0.2, 0.25) is 0 Å². The van der Waals surface area contributed by atoms with Gasteiger partial charge in [-0.25, -0.2) is 4.39 Å². The van der Waals surface area contributed by atoms with Gasteiger partial charge < -0.3 is 16.5 Å². The number of rotatable bonds is 3. The molecule has 4 rings (SSSR count). The van der Waals surface area contributed by atoms with Crippen molar-refractivity contribution in [2.45, 2.75) is 57.8 Å². The summed E-state index contributed by atoms with van der Waals surface area (Å²) < 4.78 is 13.1. The van der Waals surface area contributed by atoms with Crippen molar-refractivity contribution >= 4 is 23.3 Å². The Kier molecular flexibility index (Phi) is 9.40. The first-order valence-electron chi connectivity index (χ1n) is 12.2. The molecule has 2 aromatic carbocycles. The summed E-state index contributed by atoms with van der Waals surface area (Å²) in [4.78, 5) is 11.5. The first kappa shape index (κ1) is 25.6. The molecule has 2 aliphatic rings. The summed E-state index contributed by atoms with van der Waals surface area (Å²) in [5, 5.41) is 7.45. The number of carbonyl (C=O) groups excluding carboxylic acids is 1. The van der Waals surface area contributed by atoms with E-state index in [4.69, 9.17) is 5.73 Å². The number of piperidine rings is 1. The van der Waals surface area contributed by atoms with Gasteiger partial charge in [-0.1, -0.05) is 25.1 Å². The van der Waals surface area contributed by atoms with Crippen molar-refractivity contribution in [2.24, 2.45) is 5.10 Å². The second kappa shape index (κ2) is 12.5. The van der Waals surface area contributed by atoms with Gasteiger partial charge in [-0.15, -0.1) is 0 Å². The van der Waals surface area contributed by atoms with Crippen molar-refractivity contribution in [3.63, 3.8) is 0 Å². The third kappa shape index (κ3) is 7.26. The van der Waals surface area contributed by atoms with E-state index in [0.29, 0.717) is 12.1 Å². The Morgan fingerprint density at radius 3 is 2.65 bits per heavy atom. The Hall–Kier alpha value is -2.99. The molecule has 0 aromatic heterocycles. The van der Waals surface area contributed by atoms with Gasteiger partial charge in [-0.2, -0.15) is 5.10 Å². The van der Waals surface area contributed by atoms with Gasteiger partial charge in [0.2, 0.25) is 0 Å². The van der Waals surface area contributed by atoms with Crippen LogP contribution in [-0.4, -0.2) is 31.6 Å². The molecule has 182 valence electrons. The molecule has 4 N–H and O–H groups in total. The summed E-state index contributed by atoms with van der Waals surface area (Å²) in [6, 6.07) is 12.5. The Bertz CT molecular complexity index is 1020. The highest BCUT2D eigenvalue weighted by atomic mass is 19.1. The zero-order valence-electron chi connectivity index (χ0n) is 20.4. The number of carbonyl (C=O) groups is 1. The molecule has 6 heteroatoms. The molecular formula is C28H37FN4O. The van der Waals surface area contributed by atoms with Crippen molar-refractivity contribution in [2.75, 3.05) is 25.4 Å². The van der Waals surface area contributed by atoms with Crippen molar-refractivity contribution in [3.8, 4) is 0 Å². The first-order chi connectivity index (χ1) is 16.4. The van der Waals surface area contributed by atoms with Crippen LogP contribution >= 0.6 is 0 Å². The summed E-state index contributed by atoms with van der Waals surface area (Å²) in [5.74, 6) is -0.0586. The number of benzene rings is 2. The predicted molar refractivity (Wildman–Crippen MR) is 140 cm³/mol. The summed E-state index contributed by atoms with van der Waals surface area (Å²) in [7, 11) is 0. The van der Waals surface area contributed by atoms with Crippen LogP contribution in [0, 0.1) is 5.82 Å². The number of hydrazone groups is 1. The van der Waals surface area contributed by atoms with E-state index in [1.54, 1.807) is 25.1 Å². The van der Waals surface area contributed by atoms with Gasteiger partial charge in [0, 0.05) is 23.0 Å². The van der Waals surface area contributed by atoms with Gasteiger partial charge >= 0.3 is 0 Å². The largest absolute Gasteiger partial charge is 0.398 e. The number of hydrogen-bond donors (Lipinski definition) is 3. The predicted octanol–water partition coefficient (Wildman–Crippen LogP) is 5.47. The smallest absolute Gasteiger partial charge is 0.159 e. The molecule has 2 aromatic rings. The highest BCUT2D eigenvalue weighted by Crippen LogP contribution is 2.33. The van der Waals surface area contributed by atoms with Gasteiger partial charge in [0.05, 0.1) is 6.54 Å². The Morgan fingerprint density at radius 2 is 1.91 bits per heavy atom. The number of hydrogen-bond acceptors (Lipinski definition) is 5. The molecule has 2 aliphatic heterocycles. The fraction of sp³-hybridized carbons (Fsp3) is 0.429. The van der Waals surface area contributed by atoms with Crippen LogP contribution in [0.3, 0.4) is 0 Å². The molecule has 0 spiro atoms.